The van der Waals surface area contributed by atoms with E-state index >= 15 is 0 Å². The van der Waals surface area contributed by atoms with Crippen molar-refractivity contribution < 1.29 is 10.2 Å². The van der Waals surface area contributed by atoms with E-state index < -0.39 is 0 Å². The van der Waals surface area contributed by atoms with Gasteiger partial charge in [-0.25, -0.2) is 0 Å². The zero-order valence-electron chi connectivity index (χ0n) is 8.45. The molecule has 78 valence electrons. The van der Waals surface area contributed by atoms with E-state index in [-0.39, 0.29) is 13.2 Å². The smallest absolute Gasteiger partial charge is 0.0647 e. The second-order valence-electron chi connectivity index (χ2n) is 4.30. The maximum absolute atomic E-state index is 9.23. The number of fused-ring (bicyclic) bond motifs is 1. The van der Waals surface area contributed by atoms with E-state index in [2.05, 4.69) is 0 Å². The van der Waals surface area contributed by atoms with Crippen LogP contribution < -0.4 is 0 Å². The molecule has 2 rings (SSSR count). The quantitative estimate of drug-likeness (QED) is 0.701. The Labute approximate surface area is 85.0 Å². The Morgan fingerprint density at radius 1 is 0.929 bits per heavy atom. The van der Waals surface area contributed by atoms with Crippen molar-refractivity contribution in [1.29, 1.82) is 0 Å². The van der Waals surface area contributed by atoms with Crippen molar-refractivity contribution in [3.05, 3.63) is 23.3 Å². The first-order valence-electron chi connectivity index (χ1n) is 5.48. The van der Waals surface area contributed by atoms with E-state index in [1.54, 1.807) is 0 Å². The van der Waals surface area contributed by atoms with Crippen molar-refractivity contribution in [3.8, 4) is 0 Å². The Balaban J connectivity index is 2.23. The summed E-state index contributed by atoms with van der Waals surface area (Å²) in [5, 5.41) is 18.5. The van der Waals surface area contributed by atoms with Crippen molar-refractivity contribution in [2.45, 2.75) is 25.7 Å². The van der Waals surface area contributed by atoms with Crippen LogP contribution >= 0.6 is 0 Å². The Hall–Kier alpha value is -0.600. The second-order valence-corrected chi connectivity index (χ2v) is 4.30. The summed E-state index contributed by atoms with van der Waals surface area (Å²) in [7, 11) is 0. The summed E-state index contributed by atoms with van der Waals surface area (Å²) in [6.45, 7) is 0.354. The minimum absolute atomic E-state index is 0.177. The van der Waals surface area contributed by atoms with Crippen LogP contribution in [-0.4, -0.2) is 23.4 Å². The summed E-state index contributed by atoms with van der Waals surface area (Å²) in [6.07, 6.45) is 8.87. The molecule has 14 heavy (non-hydrogen) atoms. The summed E-state index contributed by atoms with van der Waals surface area (Å²) in [6, 6.07) is 0. The third-order valence-electron chi connectivity index (χ3n) is 3.60. The highest BCUT2D eigenvalue weighted by Gasteiger charge is 2.31. The summed E-state index contributed by atoms with van der Waals surface area (Å²) < 4.78 is 0. The molecule has 0 aromatic carbocycles. The summed E-state index contributed by atoms with van der Waals surface area (Å²) >= 11 is 0. The van der Waals surface area contributed by atoms with Crippen molar-refractivity contribution in [2.75, 3.05) is 13.2 Å². The van der Waals surface area contributed by atoms with E-state index in [1.807, 2.05) is 12.2 Å². The lowest BCUT2D eigenvalue weighted by molar-refractivity contribution is 0.230. The molecular formula is C12H18O2. The molecule has 1 fully saturated rings. The molecule has 2 aliphatic carbocycles. The van der Waals surface area contributed by atoms with Gasteiger partial charge in [-0.2, -0.15) is 0 Å². The highest BCUT2D eigenvalue weighted by Crippen LogP contribution is 2.41. The number of aliphatic hydroxyl groups is 2. The minimum atomic E-state index is 0.177. The van der Waals surface area contributed by atoms with Gasteiger partial charge in [0.1, 0.15) is 0 Å². The largest absolute Gasteiger partial charge is 0.392 e. The first-order chi connectivity index (χ1) is 6.86. The van der Waals surface area contributed by atoms with Crippen LogP contribution in [0.5, 0.6) is 0 Å². The van der Waals surface area contributed by atoms with Crippen LogP contribution in [0.4, 0.5) is 0 Å². The molecule has 0 bridgehead atoms. The van der Waals surface area contributed by atoms with Crippen molar-refractivity contribution in [1.82, 2.24) is 0 Å². The number of allylic oxidation sites excluding steroid dienone is 2. The summed E-state index contributed by atoms with van der Waals surface area (Å²) in [5.41, 5.74) is 2.32. The molecule has 0 aliphatic heterocycles. The highest BCUT2D eigenvalue weighted by molar-refractivity contribution is 5.30. The van der Waals surface area contributed by atoms with Crippen molar-refractivity contribution in [3.63, 3.8) is 0 Å². The zero-order valence-corrected chi connectivity index (χ0v) is 8.45. The number of aliphatic hydroxyl groups excluding tert-OH is 2. The van der Waals surface area contributed by atoms with Gasteiger partial charge in [0.05, 0.1) is 13.2 Å². The van der Waals surface area contributed by atoms with Gasteiger partial charge in [0, 0.05) is 0 Å². The van der Waals surface area contributed by atoms with E-state index in [0.29, 0.717) is 11.8 Å². The Morgan fingerprint density at radius 2 is 1.36 bits per heavy atom. The van der Waals surface area contributed by atoms with Crippen LogP contribution in [0.25, 0.3) is 0 Å². The third kappa shape index (κ3) is 1.64. The molecule has 0 heterocycles. The standard InChI is InChI=1S/C12H18O2/c13-7-9-5-6-10(8-14)12-4-2-1-3-11(9)12/h5-6,11-14H,1-4,7-8H2. The van der Waals surface area contributed by atoms with Gasteiger partial charge in [-0.1, -0.05) is 25.0 Å². The molecule has 2 atom stereocenters. The molecule has 0 aromatic rings. The van der Waals surface area contributed by atoms with E-state index in [1.165, 1.54) is 25.7 Å². The first kappa shape index (κ1) is 9.94. The van der Waals surface area contributed by atoms with Crippen LogP contribution in [-0.2, 0) is 0 Å². The molecule has 0 saturated heterocycles. The van der Waals surface area contributed by atoms with E-state index in [0.717, 1.165) is 11.1 Å². The van der Waals surface area contributed by atoms with Crippen LogP contribution in [0, 0.1) is 11.8 Å². The van der Waals surface area contributed by atoms with Crippen molar-refractivity contribution >= 4 is 0 Å². The molecular weight excluding hydrogens is 176 g/mol. The molecule has 2 N–H and O–H groups in total. The third-order valence-corrected chi connectivity index (χ3v) is 3.60. The van der Waals surface area contributed by atoms with Gasteiger partial charge in [0.2, 0.25) is 0 Å². The SMILES string of the molecule is OCC1=CC=C(CO)C2CCCCC12. The predicted molar refractivity (Wildman–Crippen MR) is 55.8 cm³/mol. The topological polar surface area (TPSA) is 40.5 Å². The maximum Gasteiger partial charge on any atom is 0.0647 e. The molecule has 0 spiro atoms. The number of hydrogen-bond acceptors (Lipinski definition) is 2. The molecule has 2 nitrogen and oxygen atoms in total. The average molecular weight is 194 g/mol. The van der Waals surface area contributed by atoms with E-state index in [9.17, 15) is 10.2 Å². The summed E-state index contributed by atoms with van der Waals surface area (Å²) in [4.78, 5) is 0. The van der Waals surface area contributed by atoms with Crippen LogP contribution in [0.15, 0.2) is 23.3 Å². The fraction of sp³-hybridized carbons (Fsp3) is 0.667. The number of rotatable bonds is 2. The molecule has 2 aliphatic rings. The van der Waals surface area contributed by atoms with Gasteiger partial charge in [-0.15, -0.1) is 0 Å². The molecule has 0 radical (unpaired) electrons. The van der Waals surface area contributed by atoms with Crippen LogP contribution in [0.2, 0.25) is 0 Å². The van der Waals surface area contributed by atoms with E-state index in [4.69, 9.17) is 0 Å². The van der Waals surface area contributed by atoms with Gasteiger partial charge < -0.3 is 10.2 Å². The summed E-state index contributed by atoms with van der Waals surface area (Å²) in [5.74, 6) is 1.00. The highest BCUT2D eigenvalue weighted by atomic mass is 16.3. The Bertz CT molecular complexity index is 237. The monoisotopic (exact) mass is 194 g/mol. The lowest BCUT2D eigenvalue weighted by atomic mass is 9.69. The fourth-order valence-electron chi connectivity index (χ4n) is 2.82. The van der Waals surface area contributed by atoms with Gasteiger partial charge in [-0.3, -0.25) is 0 Å². The molecule has 2 heteroatoms. The number of hydrogen-bond donors (Lipinski definition) is 2. The van der Waals surface area contributed by atoms with Crippen LogP contribution in [0.1, 0.15) is 25.7 Å². The fourth-order valence-corrected chi connectivity index (χ4v) is 2.82. The Morgan fingerprint density at radius 3 is 1.71 bits per heavy atom. The normalized spacial score (nSPS) is 31.9. The predicted octanol–water partition coefficient (Wildman–Crippen LogP) is 1.64. The van der Waals surface area contributed by atoms with Gasteiger partial charge >= 0.3 is 0 Å². The molecule has 0 aromatic heterocycles. The van der Waals surface area contributed by atoms with Gasteiger partial charge in [-0.05, 0) is 35.8 Å². The lowest BCUT2D eigenvalue weighted by Gasteiger charge is -2.36. The van der Waals surface area contributed by atoms with Crippen molar-refractivity contribution in [2.24, 2.45) is 11.8 Å². The van der Waals surface area contributed by atoms with Gasteiger partial charge in [0.15, 0.2) is 0 Å². The van der Waals surface area contributed by atoms with Gasteiger partial charge in [0.25, 0.3) is 0 Å². The second kappa shape index (κ2) is 4.28. The Kier molecular flexibility index (Phi) is 3.04. The van der Waals surface area contributed by atoms with Crippen LogP contribution in [0.3, 0.4) is 0 Å². The molecule has 0 amide bonds. The molecule has 2 unspecified atom stereocenters. The maximum atomic E-state index is 9.23. The lowest BCUT2D eigenvalue weighted by Crippen LogP contribution is -2.27. The first-order valence-corrected chi connectivity index (χ1v) is 5.48. The molecule has 1 saturated carbocycles. The average Bonchev–Trinajstić information content (AvgIpc) is 2.27. The minimum Gasteiger partial charge on any atom is -0.392 e. The zero-order chi connectivity index (χ0) is 9.97.